The Hall–Kier alpha value is -3.93. The number of halogens is 4. The highest BCUT2D eigenvalue weighted by Crippen LogP contribution is 2.32. The van der Waals surface area contributed by atoms with Crippen molar-refractivity contribution in [2.75, 3.05) is 18.0 Å². The van der Waals surface area contributed by atoms with Crippen molar-refractivity contribution in [2.24, 2.45) is 0 Å². The van der Waals surface area contributed by atoms with Gasteiger partial charge in [0.15, 0.2) is 5.69 Å². The lowest BCUT2D eigenvalue weighted by Gasteiger charge is -2.37. The van der Waals surface area contributed by atoms with E-state index in [2.05, 4.69) is 10.3 Å². The summed E-state index contributed by atoms with van der Waals surface area (Å²) in [7, 11) is 0. The van der Waals surface area contributed by atoms with Crippen LogP contribution in [0.3, 0.4) is 0 Å². The fourth-order valence-corrected chi connectivity index (χ4v) is 3.89. The summed E-state index contributed by atoms with van der Waals surface area (Å²) in [5, 5.41) is 16.5. The van der Waals surface area contributed by atoms with Gasteiger partial charge >= 0.3 is 12.1 Å². The summed E-state index contributed by atoms with van der Waals surface area (Å²) in [6.07, 6.45) is -4.08. The van der Waals surface area contributed by atoms with E-state index in [9.17, 15) is 32.7 Å². The molecule has 35 heavy (non-hydrogen) atoms. The maximum Gasteiger partial charge on any atom is 0.436 e. The Kier molecular flexibility index (Phi) is 6.48. The van der Waals surface area contributed by atoms with Crippen LogP contribution in [0.5, 0.6) is 0 Å². The molecule has 2 heterocycles. The first-order valence-electron chi connectivity index (χ1n) is 10.2. The quantitative estimate of drug-likeness (QED) is 0.549. The lowest BCUT2D eigenvalue weighted by molar-refractivity contribution is -0.152. The van der Waals surface area contributed by atoms with Gasteiger partial charge in [0.2, 0.25) is 11.8 Å². The first-order valence-corrected chi connectivity index (χ1v) is 10.6. The van der Waals surface area contributed by atoms with E-state index in [1.807, 2.05) is 0 Å². The van der Waals surface area contributed by atoms with Crippen molar-refractivity contribution in [1.29, 1.82) is 0 Å². The molecule has 3 aromatic rings. The van der Waals surface area contributed by atoms with Crippen molar-refractivity contribution in [3.8, 4) is 5.69 Å². The number of piperazine rings is 1. The van der Waals surface area contributed by atoms with Crippen LogP contribution in [-0.2, 0) is 27.0 Å². The molecule has 1 N–H and O–H groups in total. The van der Waals surface area contributed by atoms with Crippen molar-refractivity contribution >= 4 is 35.1 Å². The Balaban J connectivity index is 1.63. The minimum Gasteiger partial charge on any atom is -0.480 e. The zero-order chi connectivity index (χ0) is 25.3. The normalized spacial score (nSPS) is 15.4. The molecule has 0 bridgehead atoms. The van der Waals surface area contributed by atoms with Gasteiger partial charge in [-0.05, 0) is 23.8 Å². The summed E-state index contributed by atoms with van der Waals surface area (Å²) in [6, 6.07) is 11.4. The lowest BCUT2D eigenvalue weighted by atomic mass is 10.0. The van der Waals surface area contributed by atoms with Gasteiger partial charge < -0.3 is 10.0 Å². The number of carboxylic acids is 1. The highest BCUT2D eigenvalue weighted by Gasteiger charge is 2.39. The largest absolute Gasteiger partial charge is 0.480 e. The van der Waals surface area contributed by atoms with E-state index in [1.165, 1.54) is 18.2 Å². The van der Waals surface area contributed by atoms with Crippen molar-refractivity contribution in [2.45, 2.75) is 18.6 Å². The van der Waals surface area contributed by atoms with Gasteiger partial charge in [-0.3, -0.25) is 14.5 Å². The predicted molar refractivity (Wildman–Crippen MR) is 117 cm³/mol. The van der Waals surface area contributed by atoms with Crippen molar-refractivity contribution in [1.82, 2.24) is 19.9 Å². The smallest absolute Gasteiger partial charge is 0.436 e. The Morgan fingerprint density at radius 3 is 2.40 bits per heavy atom. The Bertz CT molecular complexity index is 1280. The van der Waals surface area contributed by atoms with E-state index < -0.39 is 48.8 Å². The summed E-state index contributed by atoms with van der Waals surface area (Å²) >= 11 is 6.06. The van der Waals surface area contributed by atoms with Crippen molar-refractivity contribution in [3.05, 3.63) is 71.0 Å². The maximum atomic E-state index is 13.1. The van der Waals surface area contributed by atoms with Gasteiger partial charge in [-0.25, -0.2) is 9.48 Å². The molecule has 0 aliphatic carbocycles. The third-order valence-electron chi connectivity index (χ3n) is 5.41. The van der Waals surface area contributed by atoms with E-state index in [4.69, 9.17) is 11.6 Å². The molecule has 0 spiro atoms. The van der Waals surface area contributed by atoms with E-state index >= 15 is 0 Å². The van der Waals surface area contributed by atoms with Crippen LogP contribution in [0.1, 0.15) is 11.3 Å². The van der Waals surface area contributed by atoms with E-state index in [0.29, 0.717) is 11.8 Å². The van der Waals surface area contributed by atoms with Gasteiger partial charge in [0, 0.05) is 11.4 Å². The second-order valence-corrected chi connectivity index (χ2v) is 8.16. The number of carbonyl (C=O) groups is 3. The maximum absolute atomic E-state index is 13.1. The third kappa shape index (κ3) is 5.11. The number of anilines is 1. The van der Waals surface area contributed by atoms with Crippen LogP contribution in [0.4, 0.5) is 18.9 Å². The zero-order valence-corrected chi connectivity index (χ0v) is 18.6. The summed E-state index contributed by atoms with van der Waals surface area (Å²) in [5.74, 6) is -2.55. The Morgan fingerprint density at radius 2 is 1.77 bits per heavy atom. The third-order valence-corrected chi connectivity index (χ3v) is 5.65. The van der Waals surface area contributed by atoms with Gasteiger partial charge in [-0.1, -0.05) is 47.1 Å². The number of carbonyl (C=O) groups excluding carboxylic acids is 2. The number of aliphatic carboxylic acids is 1. The number of rotatable bonds is 6. The number of alkyl halides is 3. The van der Waals surface area contributed by atoms with Crippen LogP contribution in [0, 0.1) is 0 Å². The minimum absolute atomic E-state index is 0.00319. The van der Waals surface area contributed by atoms with Crippen LogP contribution < -0.4 is 4.90 Å². The lowest BCUT2D eigenvalue weighted by Crippen LogP contribution is -2.59. The molecular weight excluding hydrogens is 491 g/mol. The molecule has 1 unspecified atom stereocenters. The molecule has 13 heteroatoms. The van der Waals surface area contributed by atoms with Crippen molar-refractivity contribution in [3.63, 3.8) is 0 Å². The SMILES string of the molecule is O=C(O)C(Cc1ccccc1)N1CC(=O)N(c2cc(Cl)ccc2-n2cc(C(F)(F)F)nn2)CC1=O. The Morgan fingerprint density at radius 1 is 1.06 bits per heavy atom. The standard InChI is InChI=1S/C22H17ClF3N5O4/c23-14-6-7-15(31-10-18(27-28-31)22(24,25)26)16(9-14)29-11-20(33)30(12-19(29)32)17(21(34)35)8-13-4-2-1-3-5-13/h1-7,9-10,17H,8,11-12H2,(H,34,35). The number of hydrogen-bond acceptors (Lipinski definition) is 5. The number of hydrogen-bond donors (Lipinski definition) is 1. The Labute approximate surface area is 201 Å². The number of aromatic nitrogens is 3. The molecule has 182 valence electrons. The molecule has 9 nitrogen and oxygen atoms in total. The summed E-state index contributed by atoms with van der Waals surface area (Å²) < 4.78 is 39.8. The van der Waals surface area contributed by atoms with E-state index in [0.717, 1.165) is 14.5 Å². The molecule has 1 aliphatic heterocycles. The van der Waals surface area contributed by atoms with Crippen LogP contribution in [0.25, 0.3) is 5.69 Å². The molecule has 4 rings (SSSR count). The number of amides is 2. The first-order chi connectivity index (χ1) is 16.5. The highest BCUT2D eigenvalue weighted by molar-refractivity contribution is 6.31. The molecule has 0 radical (unpaired) electrons. The van der Waals surface area contributed by atoms with E-state index in [-0.39, 0.29) is 22.8 Å². The van der Waals surface area contributed by atoms with Crippen LogP contribution in [0.15, 0.2) is 54.7 Å². The average molecular weight is 508 g/mol. The monoisotopic (exact) mass is 507 g/mol. The molecule has 2 aromatic carbocycles. The summed E-state index contributed by atoms with van der Waals surface area (Å²) in [6.45, 7) is -1.08. The summed E-state index contributed by atoms with van der Waals surface area (Å²) in [4.78, 5) is 40.0. The number of carboxylic acid groups (broad SMARTS) is 1. The van der Waals surface area contributed by atoms with Crippen molar-refractivity contribution < 1.29 is 32.7 Å². The molecule has 1 fully saturated rings. The zero-order valence-electron chi connectivity index (χ0n) is 17.8. The van der Waals surface area contributed by atoms with Crippen LogP contribution in [-0.4, -0.2) is 61.9 Å². The predicted octanol–water partition coefficient (Wildman–Crippen LogP) is 2.81. The summed E-state index contributed by atoms with van der Waals surface area (Å²) in [5.41, 5.74) is -0.502. The van der Waals surface area contributed by atoms with Gasteiger partial charge in [0.25, 0.3) is 0 Å². The first kappa shape index (κ1) is 24.2. The number of nitrogens with zero attached hydrogens (tertiary/aromatic N) is 5. The highest BCUT2D eigenvalue weighted by atomic mass is 35.5. The topological polar surface area (TPSA) is 109 Å². The van der Waals surface area contributed by atoms with Gasteiger partial charge in [-0.15, -0.1) is 5.10 Å². The molecule has 1 aromatic heterocycles. The minimum atomic E-state index is -4.73. The fourth-order valence-electron chi connectivity index (χ4n) is 3.72. The molecule has 0 saturated carbocycles. The van der Waals surface area contributed by atoms with E-state index in [1.54, 1.807) is 30.3 Å². The second kappa shape index (κ2) is 9.37. The number of benzene rings is 2. The molecule has 1 saturated heterocycles. The van der Waals surface area contributed by atoms with Gasteiger partial charge in [0.1, 0.15) is 19.1 Å². The molecule has 2 amide bonds. The van der Waals surface area contributed by atoms with Crippen LogP contribution >= 0.6 is 11.6 Å². The van der Waals surface area contributed by atoms with Crippen LogP contribution in [0.2, 0.25) is 5.02 Å². The average Bonchev–Trinajstić information content (AvgIpc) is 3.30. The van der Waals surface area contributed by atoms with Gasteiger partial charge in [-0.2, -0.15) is 13.2 Å². The fraction of sp³-hybridized carbons (Fsp3) is 0.227. The second-order valence-electron chi connectivity index (χ2n) is 7.72. The molecular formula is C22H17ClF3N5O4. The van der Waals surface area contributed by atoms with Gasteiger partial charge in [0.05, 0.1) is 17.6 Å². The molecule has 1 aliphatic rings. The molecule has 1 atom stereocenters.